The molecule has 0 aromatic carbocycles. The molecule has 8 heteroatoms. The fourth-order valence-electron chi connectivity index (χ4n) is 2.84. The minimum atomic E-state index is -0.490. The maximum Gasteiger partial charge on any atom is 0.268 e. The molecule has 0 aliphatic carbocycles. The van der Waals surface area contributed by atoms with Crippen LogP contribution in [0.2, 0.25) is 0 Å². The Kier molecular flexibility index (Phi) is 5.27. The molecule has 124 valence electrons. The first-order chi connectivity index (χ1) is 11.2. The van der Waals surface area contributed by atoms with E-state index in [9.17, 15) is 9.90 Å². The Morgan fingerprint density at radius 2 is 2.30 bits per heavy atom. The van der Waals surface area contributed by atoms with Crippen molar-refractivity contribution in [2.45, 2.75) is 19.0 Å². The lowest BCUT2D eigenvalue weighted by Crippen LogP contribution is -2.53. The number of hydrogen-bond donors (Lipinski definition) is 2. The van der Waals surface area contributed by atoms with E-state index in [2.05, 4.69) is 31.6 Å². The molecule has 3 heterocycles. The van der Waals surface area contributed by atoms with Gasteiger partial charge >= 0.3 is 0 Å². The largest absolute Gasteiger partial charge is 0.396 e. The van der Waals surface area contributed by atoms with Crippen LogP contribution in [0.5, 0.6) is 0 Å². The van der Waals surface area contributed by atoms with Crippen LogP contribution in [-0.4, -0.2) is 53.2 Å². The fraction of sp³-hybridized carbons (Fsp3) is 0.467. The van der Waals surface area contributed by atoms with Crippen molar-refractivity contribution >= 4 is 33.7 Å². The average Bonchev–Trinajstić information content (AvgIpc) is 3.20. The van der Waals surface area contributed by atoms with Crippen LogP contribution >= 0.6 is 22.7 Å². The standard InChI is InChI=1S/C15H20N4O2S2/c16-14(21)13-10-23-15(17-13)19-4-3-18(12(8-19)1-5-20)7-11-2-6-22-9-11/h2,6,9-10,12,20H,1,3-5,7-8H2,(H2,16,21). The van der Waals surface area contributed by atoms with Gasteiger partial charge in [-0.05, 0) is 28.8 Å². The number of nitrogens with two attached hydrogens (primary N) is 1. The van der Waals surface area contributed by atoms with Crippen LogP contribution in [-0.2, 0) is 6.54 Å². The van der Waals surface area contributed by atoms with Gasteiger partial charge in [0.15, 0.2) is 5.13 Å². The molecule has 1 unspecified atom stereocenters. The second kappa shape index (κ2) is 7.39. The van der Waals surface area contributed by atoms with Crippen LogP contribution < -0.4 is 10.6 Å². The molecular weight excluding hydrogens is 332 g/mol. The number of aromatic nitrogens is 1. The highest BCUT2D eigenvalue weighted by molar-refractivity contribution is 7.14. The van der Waals surface area contributed by atoms with Crippen LogP contribution in [0.15, 0.2) is 22.2 Å². The van der Waals surface area contributed by atoms with Gasteiger partial charge in [-0.1, -0.05) is 0 Å². The van der Waals surface area contributed by atoms with Crippen LogP contribution in [0.25, 0.3) is 0 Å². The summed E-state index contributed by atoms with van der Waals surface area (Å²) < 4.78 is 0. The number of amides is 1. The van der Waals surface area contributed by atoms with Crippen molar-refractivity contribution in [2.75, 3.05) is 31.1 Å². The van der Waals surface area contributed by atoms with Gasteiger partial charge in [0.25, 0.3) is 5.91 Å². The third-order valence-electron chi connectivity index (χ3n) is 4.05. The number of primary amides is 1. The van der Waals surface area contributed by atoms with E-state index in [0.717, 1.165) is 37.7 Å². The summed E-state index contributed by atoms with van der Waals surface area (Å²) in [4.78, 5) is 20.1. The van der Waals surface area contributed by atoms with E-state index in [0.29, 0.717) is 5.69 Å². The first kappa shape index (κ1) is 16.4. The highest BCUT2D eigenvalue weighted by atomic mass is 32.1. The Morgan fingerprint density at radius 3 is 2.96 bits per heavy atom. The van der Waals surface area contributed by atoms with E-state index in [1.54, 1.807) is 16.7 Å². The van der Waals surface area contributed by atoms with Crippen LogP contribution in [0.3, 0.4) is 0 Å². The second-order valence-electron chi connectivity index (χ2n) is 5.59. The number of aliphatic hydroxyl groups is 1. The van der Waals surface area contributed by atoms with Gasteiger partial charge < -0.3 is 15.7 Å². The molecule has 1 amide bonds. The lowest BCUT2D eigenvalue weighted by molar-refractivity contribution is 0.0996. The summed E-state index contributed by atoms with van der Waals surface area (Å²) in [6.07, 6.45) is 0.731. The molecule has 23 heavy (non-hydrogen) atoms. The van der Waals surface area contributed by atoms with Crippen LogP contribution in [0.4, 0.5) is 5.13 Å². The number of nitrogens with zero attached hydrogens (tertiary/aromatic N) is 3. The van der Waals surface area contributed by atoms with E-state index < -0.39 is 5.91 Å². The van der Waals surface area contributed by atoms with E-state index in [1.165, 1.54) is 16.9 Å². The number of hydrogen-bond acceptors (Lipinski definition) is 7. The molecule has 0 radical (unpaired) electrons. The number of carbonyl (C=O) groups excluding carboxylic acids is 1. The predicted octanol–water partition coefficient (Wildman–Crippen LogP) is 1.38. The molecule has 3 N–H and O–H groups in total. The van der Waals surface area contributed by atoms with Gasteiger partial charge in [0.2, 0.25) is 0 Å². The van der Waals surface area contributed by atoms with Gasteiger partial charge in [-0.25, -0.2) is 4.98 Å². The summed E-state index contributed by atoms with van der Waals surface area (Å²) in [6, 6.07) is 2.42. The molecule has 0 bridgehead atoms. The van der Waals surface area contributed by atoms with Gasteiger partial charge in [-0.2, -0.15) is 11.3 Å². The Hall–Kier alpha value is -1.48. The molecule has 2 aromatic rings. The number of aliphatic hydroxyl groups excluding tert-OH is 1. The molecule has 1 aliphatic rings. The monoisotopic (exact) mass is 352 g/mol. The molecule has 1 fully saturated rings. The van der Waals surface area contributed by atoms with Gasteiger partial charge in [-0.3, -0.25) is 9.69 Å². The van der Waals surface area contributed by atoms with Crippen molar-refractivity contribution in [3.63, 3.8) is 0 Å². The molecule has 1 saturated heterocycles. The number of anilines is 1. The Balaban J connectivity index is 1.68. The van der Waals surface area contributed by atoms with Gasteiger partial charge in [0.1, 0.15) is 5.69 Å². The molecular formula is C15H20N4O2S2. The summed E-state index contributed by atoms with van der Waals surface area (Å²) in [6.45, 7) is 3.65. The summed E-state index contributed by atoms with van der Waals surface area (Å²) in [7, 11) is 0. The SMILES string of the molecule is NC(=O)c1csc(N2CCN(Cc3ccsc3)C(CCO)C2)n1. The highest BCUT2D eigenvalue weighted by Crippen LogP contribution is 2.25. The van der Waals surface area contributed by atoms with Gasteiger partial charge in [0.05, 0.1) is 0 Å². The van der Waals surface area contributed by atoms with Crippen molar-refractivity contribution in [3.8, 4) is 0 Å². The molecule has 1 atom stereocenters. The minimum Gasteiger partial charge on any atom is -0.396 e. The molecule has 0 spiro atoms. The number of thiazole rings is 1. The van der Waals surface area contributed by atoms with Crippen molar-refractivity contribution in [2.24, 2.45) is 5.73 Å². The van der Waals surface area contributed by atoms with E-state index in [4.69, 9.17) is 5.73 Å². The first-order valence-corrected chi connectivity index (χ1v) is 9.36. The van der Waals surface area contributed by atoms with Crippen molar-refractivity contribution in [1.29, 1.82) is 0 Å². The quantitative estimate of drug-likeness (QED) is 0.821. The zero-order valence-corrected chi connectivity index (χ0v) is 14.4. The molecule has 3 rings (SSSR count). The third kappa shape index (κ3) is 3.89. The molecule has 6 nitrogen and oxygen atoms in total. The van der Waals surface area contributed by atoms with Crippen molar-refractivity contribution < 1.29 is 9.90 Å². The first-order valence-electron chi connectivity index (χ1n) is 7.53. The predicted molar refractivity (Wildman–Crippen MR) is 93.1 cm³/mol. The van der Waals surface area contributed by atoms with E-state index in [1.807, 2.05) is 0 Å². The average molecular weight is 352 g/mol. The Bertz CT molecular complexity index is 644. The maximum atomic E-state index is 11.2. The molecule has 0 saturated carbocycles. The topological polar surface area (TPSA) is 82.7 Å². The van der Waals surface area contributed by atoms with E-state index in [-0.39, 0.29) is 12.6 Å². The number of thiophene rings is 1. The zero-order chi connectivity index (χ0) is 16.2. The minimum absolute atomic E-state index is 0.170. The van der Waals surface area contributed by atoms with Crippen molar-refractivity contribution in [1.82, 2.24) is 9.88 Å². The van der Waals surface area contributed by atoms with Crippen LogP contribution in [0, 0.1) is 0 Å². The summed E-state index contributed by atoms with van der Waals surface area (Å²) in [5.74, 6) is -0.490. The number of carbonyl (C=O) groups is 1. The summed E-state index contributed by atoms with van der Waals surface area (Å²) in [5, 5.41) is 16.2. The van der Waals surface area contributed by atoms with E-state index >= 15 is 0 Å². The number of rotatable bonds is 6. The number of piperazine rings is 1. The maximum absolute atomic E-state index is 11.2. The van der Waals surface area contributed by atoms with Crippen molar-refractivity contribution in [3.05, 3.63) is 33.5 Å². The normalized spacial score (nSPS) is 19.2. The smallest absolute Gasteiger partial charge is 0.268 e. The lowest BCUT2D eigenvalue weighted by Gasteiger charge is -2.41. The zero-order valence-electron chi connectivity index (χ0n) is 12.7. The van der Waals surface area contributed by atoms with Gasteiger partial charge in [-0.15, -0.1) is 11.3 Å². The molecule has 1 aliphatic heterocycles. The van der Waals surface area contributed by atoms with Gasteiger partial charge in [0, 0.05) is 44.2 Å². The lowest BCUT2D eigenvalue weighted by atomic mass is 10.1. The molecule has 2 aromatic heterocycles. The highest BCUT2D eigenvalue weighted by Gasteiger charge is 2.28. The summed E-state index contributed by atoms with van der Waals surface area (Å²) >= 11 is 3.15. The Labute approximate surface area is 143 Å². The second-order valence-corrected chi connectivity index (χ2v) is 7.21. The van der Waals surface area contributed by atoms with Crippen LogP contribution in [0.1, 0.15) is 22.5 Å². The summed E-state index contributed by atoms with van der Waals surface area (Å²) in [5.41, 5.74) is 6.92. The fourth-order valence-corrected chi connectivity index (χ4v) is 4.35. The third-order valence-corrected chi connectivity index (χ3v) is 5.68. The Morgan fingerprint density at radius 1 is 1.43 bits per heavy atom.